The first-order chi connectivity index (χ1) is 7.54. The molecule has 0 amide bonds. The molecule has 4 heteroatoms. The van der Waals surface area contributed by atoms with Gasteiger partial charge in [0.2, 0.25) is 0 Å². The summed E-state index contributed by atoms with van der Waals surface area (Å²) in [6.45, 7) is 4.38. The fourth-order valence-electron chi connectivity index (χ4n) is 2.30. The molecule has 16 heavy (non-hydrogen) atoms. The zero-order valence-corrected chi connectivity index (χ0v) is 10.9. The van der Waals surface area contributed by atoms with Crippen molar-refractivity contribution in [3.05, 3.63) is 0 Å². The number of esters is 1. The molecule has 1 fully saturated rings. The number of likely N-dealkylation sites (tertiary alicyclic amines) is 1. The standard InChI is InChI=1S/C12H24N2O2/c1-10(8-12(15)16-4)14(3)11-6-5-7-13(2)9-11/h10-11H,5-9H2,1-4H3. The Morgan fingerprint density at radius 2 is 2.31 bits per heavy atom. The van der Waals surface area contributed by atoms with Gasteiger partial charge < -0.3 is 9.64 Å². The van der Waals surface area contributed by atoms with Crippen molar-refractivity contribution in [2.75, 3.05) is 34.3 Å². The summed E-state index contributed by atoms with van der Waals surface area (Å²) in [5.41, 5.74) is 0. The summed E-state index contributed by atoms with van der Waals surface area (Å²) >= 11 is 0. The number of nitrogens with zero attached hydrogens (tertiary/aromatic N) is 2. The number of methoxy groups -OCH3 is 1. The van der Waals surface area contributed by atoms with Crippen LogP contribution in [0.4, 0.5) is 0 Å². The molecule has 1 heterocycles. The number of ether oxygens (including phenoxy) is 1. The van der Waals surface area contributed by atoms with E-state index < -0.39 is 0 Å². The Morgan fingerprint density at radius 3 is 2.88 bits per heavy atom. The summed E-state index contributed by atoms with van der Waals surface area (Å²) in [5.74, 6) is -0.122. The maximum absolute atomic E-state index is 11.2. The molecular formula is C12H24N2O2. The summed E-state index contributed by atoms with van der Waals surface area (Å²) in [5, 5.41) is 0. The molecule has 0 aliphatic carbocycles. The highest BCUT2D eigenvalue weighted by atomic mass is 16.5. The fraction of sp³-hybridized carbons (Fsp3) is 0.917. The second kappa shape index (κ2) is 6.21. The predicted molar refractivity (Wildman–Crippen MR) is 64.4 cm³/mol. The van der Waals surface area contributed by atoms with Gasteiger partial charge in [0.1, 0.15) is 0 Å². The largest absolute Gasteiger partial charge is 0.469 e. The van der Waals surface area contributed by atoms with Crippen molar-refractivity contribution >= 4 is 5.97 Å². The molecule has 94 valence electrons. The zero-order chi connectivity index (χ0) is 12.1. The van der Waals surface area contributed by atoms with Crippen LogP contribution in [-0.2, 0) is 9.53 Å². The third-order valence-corrected chi connectivity index (χ3v) is 3.56. The molecule has 1 aliphatic heterocycles. The molecule has 1 rings (SSSR count). The molecule has 0 spiro atoms. The number of piperidine rings is 1. The highest BCUT2D eigenvalue weighted by molar-refractivity contribution is 5.69. The Hall–Kier alpha value is -0.610. The minimum Gasteiger partial charge on any atom is -0.469 e. The summed E-state index contributed by atoms with van der Waals surface area (Å²) in [4.78, 5) is 15.9. The van der Waals surface area contributed by atoms with Gasteiger partial charge in [0.15, 0.2) is 0 Å². The van der Waals surface area contributed by atoms with Crippen molar-refractivity contribution in [3.63, 3.8) is 0 Å². The summed E-state index contributed by atoms with van der Waals surface area (Å²) in [6.07, 6.45) is 2.95. The molecule has 0 N–H and O–H groups in total. The Labute approximate surface area is 98.5 Å². The van der Waals surface area contributed by atoms with Gasteiger partial charge >= 0.3 is 5.97 Å². The smallest absolute Gasteiger partial charge is 0.307 e. The van der Waals surface area contributed by atoms with Crippen LogP contribution in [0.3, 0.4) is 0 Å². The fourth-order valence-corrected chi connectivity index (χ4v) is 2.30. The molecule has 0 aromatic heterocycles. The van der Waals surface area contributed by atoms with E-state index in [1.807, 2.05) is 0 Å². The van der Waals surface area contributed by atoms with Gasteiger partial charge in [-0.2, -0.15) is 0 Å². The molecule has 1 aliphatic rings. The van der Waals surface area contributed by atoms with Crippen LogP contribution in [0.25, 0.3) is 0 Å². The Kier molecular flexibility index (Phi) is 5.22. The van der Waals surface area contributed by atoms with Gasteiger partial charge in [0, 0.05) is 18.6 Å². The average molecular weight is 228 g/mol. The van der Waals surface area contributed by atoms with Crippen LogP contribution in [0.5, 0.6) is 0 Å². The van der Waals surface area contributed by atoms with E-state index in [1.54, 1.807) is 0 Å². The van der Waals surface area contributed by atoms with Crippen LogP contribution < -0.4 is 0 Å². The maximum atomic E-state index is 11.2. The second-order valence-corrected chi connectivity index (χ2v) is 4.85. The van der Waals surface area contributed by atoms with E-state index in [9.17, 15) is 4.79 Å². The number of likely N-dealkylation sites (N-methyl/N-ethyl adjacent to an activating group) is 2. The summed E-state index contributed by atoms with van der Waals surface area (Å²) in [6, 6.07) is 0.822. The van der Waals surface area contributed by atoms with Crippen molar-refractivity contribution < 1.29 is 9.53 Å². The monoisotopic (exact) mass is 228 g/mol. The zero-order valence-electron chi connectivity index (χ0n) is 10.9. The number of hydrogen-bond donors (Lipinski definition) is 0. The number of carbonyl (C=O) groups excluding carboxylic acids is 1. The lowest BCUT2D eigenvalue weighted by Crippen LogP contribution is -2.48. The number of rotatable bonds is 4. The Morgan fingerprint density at radius 1 is 1.62 bits per heavy atom. The van der Waals surface area contributed by atoms with Crippen LogP contribution in [0, 0.1) is 0 Å². The summed E-state index contributed by atoms with van der Waals surface area (Å²) < 4.78 is 4.70. The summed E-state index contributed by atoms with van der Waals surface area (Å²) in [7, 11) is 5.71. The van der Waals surface area contributed by atoms with Crippen LogP contribution in [0.15, 0.2) is 0 Å². The van der Waals surface area contributed by atoms with Crippen LogP contribution in [-0.4, -0.2) is 62.1 Å². The lowest BCUT2D eigenvalue weighted by atomic mass is 10.0. The van der Waals surface area contributed by atoms with E-state index in [0.29, 0.717) is 12.5 Å². The van der Waals surface area contributed by atoms with Gasteiger partial charge in [-0.1, -0.05) is 0 Å². The molecular weight excluding hydrogens is 204 g/mol. The van der Waals surface area contributed by atoms with Crippen molar-refractivity contribution in [1.82, 2.24) is 9.80 Å². The molecule has 2 unspecified atom stereocenters. The first kappa shape index (κ1) is 13.5. The van der Waals surface area contributed by atoms with Gasteiger partial charge in [-0.25, -0.2) is 0 Å². The second-order valence-electron chi connectivity index (χ2n) is 4.85. The van der Waals surface area contributed by atoms with E-state index in [0.717, 1.165) is 6.54 Å². The van der Waals surface area contributed by atoms with E-state index >= 15 is 0 Å². The highest BCUT2D eigenvalue weighted by Gasteiger charge is 2.25. The van der Waals surface area contributed by atoms with Gasteiger partial charge in [-0.15, -0.1) is 0 Å². The van der Waals surface area contributed by atoms with E-state index in [4.69, 9.17) is 4.74 Å². The van der Waals surface area contributed by atoms with Crippen LogP contribution >= 0.6 is 0 Å². The van der Waals surface area contributed by atoms with Crippen molar-refractivity contribution in [2.24, 2.45) is 0 Å². The van der Waals surface area contributed by atoms with Crippen molar-refractivity contribution in [1.29, 1.82) is 0 Å². The lowest BCUT2D eigenvalue weighted by Gasteiger charge is -2.38. The third-order valence-electron chi connectivity index (χ3n) is 3.56. The quantitative estimate of drug-likeness (QED) is 0.671. The normalized spacial score (nSPS) is 24.4. The molecule has 0 bridgehead atoms. The highest BCUT2D eigenvalue weighted by Crippen LogP contribution is 2.16. The van der Waals surface area contributed by atoms with Gasteiger partial charge in [-0.3, -0.25) is 9.69 Å². The van der Waals surface area contributed by atoms with E-state index in [-0.39, 0.29) is 12.0 Å². The average Bonchev–Trinajstić information content (AvgIpc) is 2.27. The molecule has 1 saturated heterocycles. The van der Waals surface area contributed by atoms with E-state index in [2.05, 4.69) is 30.8 Å². The maximum Gasteiger partial charge on any atom is 0.307 e. The number of hydrogen-bond acceptors (Lipinski definition) is 4. The molecule has 0 aromatic rings. The van der Waals surface area contributed by atoms with Gasteiger partial charge in [-0.05, 0) is 40.4 Å². The van der Waals surface area contributed by atoms with E-state index in [1.165, 1.54) is 26.5 Å². The molecule has 0 aromatic carbocycles. The first-order valence-electron chi connectivity index (χ1n) is 6.02. The lowest BCUT2D eigenvalue weighted by molar-refractivity contribution is -0.142. The van der Waals surface area contributed by atoms with Crippen LogP contribution in [0.2, 0.25) is 0 Å². The Bertz CT molecular complexity index is 233. The SMILES string of the molecule is COC(=O)CC(C)N(C)C1CCCN(C)C1. The van der Waals surface area contributed by atoms with Gasteiger partial charge in [0.05, 0.1) is 13.5 Å². The molecule has 4 nitrogen and oxygen atoms in total. The van der Waals surface area contributed by atoms with Crippen molar-refractivity contribution in [2.45, 2.75) is 38.3 Å². The minimum absolute atomic E-state index is 0.122. The third kappa shape index (κ3) is 3.76. The molecule has 0 radical (unpaired) electrons. The predicted octanol–water partition coefficient (Wildman–Crippen LogP) is 0.964. The Balaban J connectivity index is 2.42. The molecule has 2 atom stereocenters. The number of carbonyl (C=O) groups is 1. The minimum atomic E-state index is -0.122. The first-order valence-corrected chi connectivity index (χ1v) is 6.02. The topological polar surface area (TPSA) is 32.8 Å². The van der Waals surface area contributed by atoms with Gasteiger partial charge in [0.25, 0.3) is 0 Å². The van der Waals surface area contributed by atoms with Crippen molar-refractivity contribution in [3.8, 4) is 0 Å². The molecule has 0 saturated carbocycles. The van der Waals surface area contributed by atoms with Crippen LogP contribution in [0.1, 0.15) is 26.2 Å².